The van der Waals surface area contributed by atoms with Crippen LogP contribution in [0, 0.1) is 0 Å². The van der Waals surface area contributed by atoms with Crippen LogP contribution < -0.4 is 0 Å². The molecule has 0 amide bonds. The second kappa shape index (κ2) is 7.97. The molecule has 0 radical (unpaired) electrons. The largest absolute Gasteiger partial charge is 0.400 e. The normalized spacial score (nSPS) is 16.2. The molecular weight excluding hydrogens is 436 g/mol. The Kier molecular flexibility index (Phi) is 5.49. The molecule has 0 saturated heterocycles. The standard InChI is InChI=1S/C21H17ClF4N4O/c22-15-7-5-14(6-8-15)20(31,10-30-12-27-11-28-30)19(23)18(21(24,25)26)17-9-13-3-1-2-4-16(13)29-17/h1-9,11-12,18-19,29,31H,10H2. The van der Waals surface area contributed by atoms with E-state index >= 15 is 4.39 Å². The van der Waals surface area contributed by atoms with Gasteiger partial charge in [0.1, 0.15) is 24.2 Å². The fraction of sp³-hybridized carbons (Fsp3) is 0.238. The Morgan fingerprint density at radius 2 is 1.81 bits per heavy atom. The number of para-hydroxylation sites is 1. The molecule has 0 saturated carbocycles. The van der Waals surface area contributed by atoms with E-state index in [9.17, 15) is 18.3 Å². The van der Waals surface area contributed by atoms with Gasteiger partial charge in [0.15, 0.2) is 6.17 Å². The van der Waals surface area contributed by atoms with Gasteiger partial charge in [-0.1, -0.05) is 41.9 Å². The van der Waals surface area contributed by atoms with Gasteiger partial charge in [-0.3, -0.25) is 0 Å². The van der Waals surface area contributed by atoms with Gasteiger partial charge in [-0.15, -0.1) is 0 Å². The summed E-state index contributed by atoms with van der Waals surface area (Å²) in [5, 5.41) is 16.0. The molecule has 0 aliphatic carbocycles. The number of H-pyrrole nitrogens is 1. The van der Waals surface area contributed by atoms with Gasteiger partial charge in [-0.05, 0) is 35.2 Å². The molecule has 2 aromatic heterocycles. The molecule has 2 N–H and O–H groups in total. The predicted octanol–water partition coefficient (Wildman–Crippen LogP) is 4.98. The van der Waals surface area contributed by atoms with Crippen molar-refractivity contribution in [3.63, 3.8) is 0 Å². The highest BCUT2D eigenvalue weighted by Gasteiger charge is 2.55. The van der Waals surface area contributed by atoms with Crippen LogP contribution in [0.3, 0.4) is 0 Å². The van der Waals surface area contributed by atoms with Gasteiger partial charge < -0.3 is 10.1 Å². The molecule has 2 heterocycles. The summed E-state index contributed by atoms with van der Waals surface area (Å²) in [6, 6.07) is 13.1. The minimum Gasteiger partial charge on any atom is -0.380 e. The van der Waals surface area contributed by atoms with E-state index in [4.69, 9.17) is 11.6 Å². The second-order valence-corrected chi connectivity index (χ2v) is 7.69. The van der Waals surface area contributed by atoms with E-state index in [1.54, 1.807) is 24.3 Å². The third-order valence-corrected chi connectivity index (χ3v) is 5.45. The number of aliphatic hydroxyl groups is 1. The van der Waals surface area contributed by atoms with E-state index in [-0.39, 0.29) is 11.3 Å². The number of aromatic amines is 1. The summed E-state index contributed by atoms with van der Waals surface area (Å²) in [6.45, 7) is -0.581. The summed E-state index contributed by atoms with van der Waals surface area (Å²) in [6.07, 6.45) is -5.41. The van der Waals surface area contributed by atoms with Crippen LogP contribution in [-0.2, 0) is 12.1 Å². The Labute approximate surface area is 179 Å². The first-order valence-corrected chi connectivity index (χ1v) is 9.65. The second-order valence-electron chi connectivity index (χ2n) is 7.26. The summed E-state index contributed by atoms with van der Waals surface area (Å²) in [7, 11) is 0. The van der Waals surface area contributed by atoms with Crippen LogP contribution in [0.5, 0.6) is 0 Å². The number of hydrogen-bond acceptors (Lipinski definition) is 3. The number of hydrogen-bond donors (Lipinski definition) is 2. The van der Waals surface area contributed by atoms with E-state index in [0.717, 1.165) is 11.0 Å². The predicted molar refractivity (Wildman–Crippen MR) is 107 cm³/mol. The molecule has 2 aromatic carbocycles. The van der Waals surface area contributed by atoms with Crippen molar-refractivity contribution in [2.75, 3.05) is 0 Å². The van der Waals surface area contributed by atoms with Gasteiger partial charge >= 0.3 is 6.18 Å². The average molecular weight is 453 g/mol. The molecule has 0 bridgehead atoms. The molecular formula is C21H17ClF4N4O. The highest BCUT2D eigenvalue weighted by atomic mass is 35.5. The molecule has 0 aliphatic heterocycles. The lowest BCUT2D eigenvalue weighted by Crippen LogP contribution is -2.48. The van der Waals surface area contributed by atoms with Crippen LogP contribution in [0.4, 0.5) is 17.6 Å². The molecule has 162 valence electrons. The third-order valence-electron chi connectivity index (χ3n) is 5.20. The molecule has 31 heavy (non-hydrogen) atoms. The van der Waals surface area contributed by atoms with Crippen LogP contribution in [0.2, 0.25) is 5.02 Å². The summed E-state index contributed by atoms with van der Waals surface area (Å²) in [5.41, 5.74) is -2.59. The van der Waals surface area contributed by atoms with E-state index in [1.807, 2.05) is 0 Å². The maximum absolute atomic E-state index is 15.9. The van der Waals surface area contributed by atoms with Crippen LogP contribution in [0.25, 0.3) is 10.9 Å². The maximum Gasteiger partial charge on any atom is 0.400 e. The van der Waals surface area contributed by atoms with Gasteiger partial charge in [-0.2, -0.15) is 18.3 Å². The lowest BCUT2D eigenvalue weighted by Gasteiger charge is -2.36. The monoisotopic (exact) mass is 452 g/mol. The fourth-order valence-corrected chi connectivity index (χ4v) is 3.80. The van der Waals surface area contributed by atoms with E-state index in [1.165, 1.54) is 36.7 Å². The number of halogens is 5. The third kappa shape index (κ3) is 4.15. The quantitative estimate of drug-likeness (QED) is 0.405. The Hall–Kier alpha value is -2.91. The molecule has 3 atom stereocenters. The number of fused-ring (bicyclic) bond motifs is 1. The van der Waals surface area contributed by atoms with E-state index in [0.29, 0.717) is 15.9 Å². The lowest BCUT2D eigenvalue weighted by molar-refractivity contribution is -0.192. The molecule has 3 unspecified atom stereocenters. The summed E-state index contributed by atoms with van der Waals surface area (Å²) < 4.78 is 59.4. The molecule has 5 nitrogen and oxygen atoms in total. The van der Waals surface area contributed by atoms with Crippen molar-refractivity contribution in [1.82, 2.24) is 19.7 Å². The van der Waals surface area contributed by atoms with Crippen molar-refractivity contribution in [3.8, 4) is 0 Å². The number of rotatable bonds is 6. The first kappa shape index (κ1) is 21.3. The zero-order valence-corrected chi connectivity index (χ0v) is 16.6. The highest BCUT2D eigenvalue weighted by Crippen LogP contribution is 2.46. The summed E-state index contributed by atoms with van der Waals surface area (Å²) in [5.74, 6) is -2.62. The zero-order chi connectivity index (χ0) is 22.2. The number of benzene rings is 2. The molecule has 0 spiro atoms. The van der Waals surface area contributed by atoms with Crippen molar-refractivity contribution in [1.29, 1.82) is 0 Å². The number of aromatic nitrogens is 4. The van der Waals surface area contributed by atoms with Gasteiger partial charge in [0.2, 0.25) is 0 Å². The first-order valence-electron chi connectivity index (χ1n) is 9.28. The van der Waals surface area contributed by atoms with Crippen LogP contribution in [-0.4, -0.2) is 37.2 Å². The zero-order valence-electron chi connectivity index (χ0n) is 15.9. The topological polar surface area (TPSA) is 66.7 Å². The highest BCUT2D eigenvalue weighted by molar-refractivity contribution is 6.30. The number of alkyl halides is 4. The van der Waals surface area contributed by atoms with Crippen molar-refractivity contribution in [3.05, 3.63) is 83.5 Å². The number of nitrogens with one attached hydrogen (secondary N) is 1. The summed E-state index contributed by atoms with van der Waals surface area (Å²) >= 11 is 5.87. The fourth-order valence-electron chi connectivity index (χ4n) is 3.68. The van der Waals surface area contributed by atoms with Crippen LogP contribution in [0.1, 0.15) is 17.2 Å². The number of nitrogens with zero attached hydrogens (tertiary/aromatic N) is 3. The minimum absolute atomic E-state index is 0.0646. The van der Waals surface area contributed by atoms with E-state index in [2.05, 4.69) is 15.1 Å². The van der Waals surface area contributed by atoms with E-state index < -0.39 is 30.4 Å². The molecule has 4 rings (SSSR count). The Balaban J connectivity index is 1.83. The maximum atomic E-state index is 15.9. The first-order chi connectivity index (χ1) is 14.7. The lowest BCUT2D eigenvalue weighted by atomic mass is 9.80. The Morgan fingerprint density at radius 1 is 1.10 bits per heavy atom. The summed E-state index contributed by atoms with van der Waals surface area (Å²) in [4.78, 5) is 6.37. The van der Waals surface area contributed by atoms with Crippen LogP contribution >= 0.6 is 11.6 Å². The van der Waals surface area contributed by atoms with Gasteiger partial charge in [0.25, 0.3) is 0 Å². The van der Waals surface area contributed by atoms with Gasteiger partial charge in [-0.25, -0.2) is 14.1 Å². The average Bonchev–Trinajstić information content (AvgIpc) is 3.36. The van der Waals surface area contributed by atoms with Crippen LogP contribution in [0.15, 0.2) is 67.3 Å². The minimum atomic E-state index is -4.98. The molecule has 0 aliphatic rings. The van der Waals surface area contributed by atoms with Gasteiger partial charge in [0, 0.05) is 16.2 Å². The van der Waals surface area contributed by atoms with Crippen molar-refractivity contribution in [2.45, 2.75) is 30.4 Å². The Morgan fingerprint density at radius 3 is 2.42 bits per heavy atom. The molecule has 4 aromatic rings. The van der Waals surface area contributed by atoms with Crippen molar-refractivity contribution >= 4 is 22.5 Å². The smallest absolute Gasteiger partial charge is 0.380 e. The van der Waals surface area contributed by atoms with Gasteiger partial charge in [0.05, 0.1) is 6.54 Å². The van der Waals surface area contributed by atoms with Crippen molar-refractivity contribution in [2.24, 2.45) is 0 Å². The molecule has 10 heteroatoms. The molecule has 0 fully saturated rings. The van der Waals surface area contributed by atoms with Crippen molar-refractivity contribution < 1.29 is 22.7 Å². The SMILES string of the molecule is OC(Cn1cncn1)(c1ccc(Cl)cc1)C(F)C(c1cc2ccccc2[nH]1)C(F)(F)F. The Bertz CT molecular complexity index is 1130.